The first-order valence-corrected chi connectivity index (χ1v) is 6.53. The fourth-order valence-electron chi connectivity index (χ4n) is 3.03. The van der Waals surface area contributed by atoms with Crippen LogP contribution in [0.4, 0.5) is 0 Å². The zero-order chi connectivity index (χ0) is 11.9. The van der Waals surface area contributed by atoms with Gasteiger partial charge in [-0.15, -0.1) is 0 Å². The summed E-state index contributed by atoms with van der Waals surface area (Å²) in [7, 11) is 0. The van der Waals surface area contributed by atoms with E-state index in [4.69, 9.17) is 0 Å². The van der Waals surface area contributed by atoms with Crippen molar-refractivity contribution in [1.29, 1.82) is 0 Å². The van der Waals surface area contributed by atoms with Gasteiger partial charge in [0.2, 0.25) is 0 Å². The molecule has 0 fully saturated rings. The van der Waals surface area contributed by atoms with E-state index in [1.807, 2.05) is 0 Å². The van der Waals surface area contributed by atoms with Crippen molar-refractivity contribution in [2.75, 3.05) is 0 Å². The zero-order valence-corrected chi connectivity index (χ0v) is 10.2. The summed E-state index contributed by atoms with van der Waals surface area (Å²) in [5.41, 5.74) is 2.85. The number of fused-ring (bicyclic) bond motifs is 1. The zero-order valence-electron chi connectivity index (χ0n) is 10.2. The molecular formula is C18H14. The van der Waals surface area contributed by atoms with Gasteiger partial charge in [-0.2, -0.15) is 0 Å². The monoisotopic (exact) mass is 230 g/mol. The second-order valence-electron chi connectivity index (χ2n) is 5.00. The third-order valence-corrected chi connectivity index (χ3v) is 3.86. The minimum absolute atomic E-state index is 1.16. The quantitative estimate of drug-likeness (QED) is 0.634. The Morgan fingerprint density at radius 3 is 2.39 bits per heavy atom. The first kappa shape index (κ1) is 9.90. The standard InChI is InChI=1S/C18H14/c1-2-6-15-12-17-10-4-8-13-7-3-9-16(18(13)17)11-14(15)5-1/h1-3,5-9,11-12H,4,10H2. The van der Waals surface area contributed by atoms with Crippen molar-refractivity contribution in [3.05, 3.63) is 68.9 Å². The topological polar surface area (TPSA) is 0 Å². The molecule has 0 aliphatic heterocycles. The molecule has 0 N–H and O–H groups in total. The van der Waals surface area contributed by atoms with Crippen LogP contribution in [0.5, 0.6) is 0 Å². The van der Waals surface area contributed by atoms with Crippen LogP contribution in [0.1, 0.15) is 18.4 Å². The molecule has 0 bridgehead atoms. The molecule has 0 unspecified atom stereocenters. The lowest BCUT2D eigenvalue weighted by molar-refractivity contribution is 1.09. The van der Waals surface area contributed by atoms with Gasteiger partial charge in [0.15, 0.2) is 0 Å². The van der Waals surface area contributed by atoms with Crippen molar-refractivity contribution >= 4 is 23.8 Å². The van der Waals surface area contributed by atoms with Gasteiger partial charge in [-0.25, -0.2) is 0 Å². The Morgan fingerprint density at radius 2 is 1.50 bits per heavy atom. The lowest BCUT2D eigenvalue weighted by atomic mass is 9.96. The molecule has 0 spiro atoms. The fourth-order valence-corrected chi connectivity index (χ4v) is 3.03. The summed E-state index contributed by atoms with van der Waals surface area (Å²) >= 11 is 0. The van der Waals surface area contributed by atoms with Gasteiger partial charge < -0.3 is 0 Å². The molecule has 18 heavy (non-hydrogen) atoms. The summed E-state index contributed by atoms with van der Waals surface area (Å²) in [6.07, 6.45) is 9.36. The van der Waals surface area contributed by atoms with Gasteiger partial charge in [0.1, 0.15) is 0 Å². The van der Waals surface area contributed by atoms with E-state index in [0.717, 1.165) is 12.8 Å². The Labute approximate surface area is 106 Å². The summed E-state index contributed by atoms with van der Waals surface area (Å²) in [5, 5.41) is 5.51. The van der Waals surface area contributed by atoms with Gasteiger partial charge >= 0.3 is 0 Å². The molecule has 2 aliphatic rings. The second-order valence-corrected chi connectivity index (χ2v) is 5.00. The highest BCUT2D eigenvalue weighted by molar-refractivity contribution is 5.81. The minimum atomic E-state index is 1.16. The van der Waals surface area contributed by atoms with Gasteiger partial charge in [-0.3, -0.25) is 0 Å². The molecule has 2 aromatic carbocycles. The van der Waals surface area contributed by atoms with E-state index < -0.39 is 0 Å². The van der Waals surface area contributed by atoms with Crippen LogP contribution in [0.3, 0.4) is 0 Å². The van der Waals surface area contributed by atoms with Crippen LogP contribution in [-0.4, -0.2) is 0 Å². The van der Waals surface area contributed by atoms with Crippen LogP contribution in [0, 0.1) is 0 Å². The van der Waals surface area contributed by atoms with Crippen LogP contribution in [0.15, 0.2) is 42.5 Å². The number of hydrogen-bond donors (Lipinski definition) is 0. The molecule has 0 amide bonds. The van der Waals surface area contributed by atoms with E-state index in [0.29, 0.717) is 0 Å². The van der Waals surface area contributed by atoms with Crippen molar-refractivity contribution < 1.29 is 0 Å². The van der Waals surface area contributed by atoms with Crippen molar-refractivity contribution in [2.45, 2.75) is 12.8 Å². The minimum Gasteiger partial charge on any atom is -0.0763 e. The Balaban J connectivity index is 2.29. The molecule has 0 aromatic heterocycles. The first-order chi connectivity index (χ1) is 8.92. The van der Waals surface area contributed by atoms with E-state index in [2.05, 4.69) is 60.7 Å². The van der Waals surface area contributed by atoms with Crippen LogP contribution < -0.4 is 20.9 Å². The Hall–Kier alpha value is -2.08. The Kier molecular flexibility index (Phi) is 2.04. The molecule has 0 radical (unpaired) electrons. The Bertz CT molecular complexity index is 867. The number of benzene rings is 2. The third-order valence-electron chi connectivity index (χ3n) is 3.86. The molecule has 0 heteroatoms. The molecule has 0 atom stereocenters. The average Bonchev–Trinajstić information content (AvgIpc) is 2.57. The average molecular weight is 230 g/mol. The maximum absolute atomic E-state index is 2.37. The Morgan fingerprint density at radius 1 is 0.722 bits per heavy atom. The van der Waals surface area contributed by atoms with E-state index in [1.54, 1.807) is 0 Å². The number of rotatable bonds is 0. The summed E-state index contributed by atoms with van der Waals surface area (Å²) in [4.78, 5) is 0. The van der Waals surface area contributed by atoms with Gasteiger partial charge in [0, 0.05) is 0 Å². The predicted molar refractivity (Wildman–Crippen MR) is 76.5 cm³/mol. The van der Waals surface area contributed by atoms with Crippen molar-refractivity contribution in [2.24, 2.45) is 0 Å². The molecule has 86 valence electrons. The van der Waals surface area contributed by atoms with Gasteiger partial charge in [0.25, 0.3) is 0 Å². The molecule has 4 rings (SSSR count). The van der Waals surface area contributed by atoms with Crippen LogP contribution in [0.2, 0.25) is 0 Å². The van der Waals surface area contributed by atoms with Gasteiger partial charge in [0.05, 0.1) is 0 Å². The maximum Gasteiger partial charge on any atom is -0.00820 e. The van der Waals surface area contributed by atoms with Crippen molar-refractivity contribution in [3.63, 3.8) is 0 Å². The second kappa shape index (κ2) is 3.71. The molecule has 0 saturated heterocycles. The maximum atomic E-state index is 2.37. The summed E-state index contributed by atoms with van der Waals surface area (Å²) < 4.78 is 0. The molecular weight excluding hydrogens is 216 g/mol. The first-order valence-electron chi connectivity index (χ1n) is 6.53. The largest absolute Gasteiger partial charge is 0.0763 e. The smallest absolute Gasteiger partial charge is 0.00820 e. The molecule has 2 aromatic rings. The summed E-state index contributed by atoms with van der Waals surface area (Å²) in [6.45, 7) is 0. The van der Waals surface area contributed by atoms with E-state index in [1.165, 1.54) is 32.0 Å². The predicted octanol–water partition coefficient (Wildman–Crippen LogP) is 1.03. The molecule has 0 nitrogen and oxygen atoms in total. The lowest BCUT2D eigenvalue weighted by Gasteiger charge is -2.08. The van der Waals surface area contributed by atoms with Crippen LogP contribution in [-0.2, 0) is 0 Å². The van der Waals surface area contributed by atoms with E-state index >= 15 is 0 Å². The highest BCUT2D eigenvalue weighted by Gasteiger charge is 2.07. The normalized spacial score (nSPS) is 15.4. The van der Waals surface area contributed by atoms with Crippen LogP contribution >= 0.6 is 0 Å². The van der Waals surface area contributed by atoms with Crippen molar-refractivity contribution in [1.82, 2.24) is 0 Å². The molecule has 0 heterocycles. The number of hydrogen-bond acceptors (Lipinski definition) is 0. The van der Waals surface area contributed by atoms with Gasteiger partial charge in [-0.05, 0) is 50.9 Å². The summed E-state index contributed by atoms with van der Waals surface area (Å²) in [5.74, 6) is 0. The SMILES string of the molecule is C1=c2ccccc2=Cc2cccc3c2=C1CCC=3. The molecule has 2 aliphatic carbocycles. The van der Waals surface area contributed by atoms with Crippen molar-refractivity contribution in [3.8, 4) is 0 Å². The summed E-state index contributed by atoms with van der Waals surface area (Å²) in [6, 6.07) is 15.3. The molecule has 0 saturated carbocycles. The van der Waals surface area contributed by atoms with E-state index in [9.17, 15) is 0 Å². The third kappa shape index (κ3) is 1.39. The van der Waals surface area contributed by atoms with Crippen LogP contribution in [0.25, 0.3) is 23.8 Å². The highest BCUT2D eigenvalue weighted by Crippen LogP contribution is 2.11. The van der Waals surface area contributed by atoms with E-state index in [-0.39, 0.29) is 0 Å². The van der Waals surface area contributed by atoms with Gasteiger partial charge in [-0.1, -0.05) is 54.6 Å². The lowest BCUT2D eigenvalue weighted by Crippen LogP contribution is -2.31. The fraction of sp³-hybridized carbons (Fsp3) is 0.111. The highest BCUT2D eigenvalue weighted by atomic mass is 14.1.